The van der Waals surface area contributed by atoms with Crippen molar-refractivity contribution in [3.05, 3.63) is 29.1 Å². The summed E-state index contributed by atoms with van der Waals surface area (Å²) in [4.78, 5) is 13.6. The van der Waals surface area contributed by atoms with Crippen LogP contribution in [0.5, 0.6) is 0 Å². The fourth-order valence-corrected chi connectivity index (χ4v) is 3.20. The van der Waals surface area contributed by atoms with Crippen molar-refractivity contribution in [2.24, 2.45) is 11.1 Å². The van der Waals surface area contributed by atoms with Gasteiger partial charge in [0.15, 0.2) is 0 Å². The lowest BCUT2D eigenvalue weighted by molar-refractivity contribution is 0.0783. The average molecular weight is 300 g/mol. The van der Waals surface area contributed by atoms with Crippen LogP contribution < -0.4 is 5.14 Å². The van der Waals surface area contributed by atoms with Crippen LogP contribution in [0.4, 0.5) is 4.39 Å². The van der Waals surface area contributed by atoms with E-state index in [0.29, 0.717) is 19.0 Å². The lowest BCUT2D eigenvalue weighted by Crippen LogP contribution is -2.29. The first-order valence-corrected chi connectivity index (χ1v) is 7.87. The quantitative estimate of drug-likeness (QED) is 0.893. The second kappa shape index (κ2) is 5.14. The third-order valence-electron chi connectivity index (χ3n) is 3.51. The first-order valence-electron chi connectivity index (χ1n) is 6.32. The van der Waals surface area contributed by atoms with Crippen LogP contribution in [0, 0.1) is 18.7 Å². The Kier molecular flexibility index (Phi) is 3.84. The predicted octanol–water partition coefficient (Wildman–Crippen LogP) is 1.26. The maximum atomic E-state index is 13.9. The summed E-state index contributed by atoms with van der Waals surface area (Å²) in [5.74, 6) is -0.846. The van der Waals surface area contributed by atoms with Crippen LogP contribution in [-0.2, 0) is 10.0 Å². The molecule has 0 bridgehead atoms. The molecule has 7 heteroatoms. The van der Waals surface area contributed by atoms with Crippen molar-refractivity contribution in [2.45, 2.75) is 25.2 Å². The Balaban J connectivity index is 2.44. The zero-order valence-electron chi connectivity index (χ0n) is 11.4. The molecule has 2 N–H and O–H groups in total. The van der Waals surface area contributed by atoms with Crippen molar-refractivity contribution >= 4 is 15.9 Å². The van der Waals surface area contributed by atoms with Gasteiger partial charge in [-0.3, -0.25) is 4.79 Å². The van der Waals surface area contributed by atoms with E-state index in [9.17, 15) is 17.6 Å². The highest BCUT2D eigenvalue weighted by Crippen LogP contribution is 2.23. The van der Waals surface area contributed by atoms with Crippen LogP contribution in [0.15, 0.2) is 17.0 Å². The van der Waals surface area contributed by atoms with Gasteiger partial charge in [0, 0.05) is 13.1 Å². The minimum absolute atomic E-state index is 0.191. The van der Waals surface area contributed by atoms with Crippen molar-refractivity contribution in [1.82, 2.24) is 4.90 Å². The number of nitrogens with zero attached hydrogens (tertiary/aromatic N) is 1. The van der Waals surface area contributed by atoms with Crippen LogP contribution >= 0.6 is 0 Å². The van der Waals surface area contributed by atoms with Gasteiger partial charge < -0.3 is 4.90 Å². The second-order valence-electron chi connectivity index (χ2n) is 5.29. The molecule has 1 saturated heterocycles. The van der Waals surface area contributed by atoms with E-state index in [4.69, 9.17) is 5.14 Å². The van der Waals surface area contributed by atoms with E-state index < -0.39 is 21.7 Å². The number of sulfonamides is 1. The molecule has 1 amide bonds. The number of benzene rings is 1. The lowest BCUT2D eigenvalue weighted by atomic mass is 10.1. The zero-order chi connectivity index (χ0) is 15.1. The number of hydrogen-bond donors (Lipinski definition) is 1. The largest absolute Gasteiger partial charge is 0.338 e. The number of aryl methyl sites for hydroxylation is 1. The van der Waals surface area contributed by atoms with E-state index in [-0.39, 0.29) is 16.0 Å². The first kappa shape index (κ1) is 14.9. The van der Waals surface area contributed by atoms with E-state index in [0.717, 1.165) is 18.6 Å². The summed E-state index contributed by atoms with van der Waals surface area (Å²) in [5.41, 5.74) is -0.0509. The Hall–Kier alpha value is -1.47. The Morgan fingerprint density at radius 1 is 1.45 bits per heavy atom. The van der Waals surface area contributed by atoms with Gasteiger partial charge >= 0.3 is 0 Å². The molecule has 1 aromatic rings. The molecule has 0 aromatic heterocycles. The molecule has 1 atom stereocenters. The molecule has 0 saturated carbocycles. The number of likely N-dealkylation sites (tertiary alicyclic amines) is 1. The topological polar surface area (TPSA) is 80.5 Å². The van der Waals surface area contributed by atoms with Crippen molar-refractivity contribution < 1.29 is 17.6 Å². The van der Waals surface area contributed by atoms with Gasteiger partial charge in [0.2, 0.25) is 10.0 Å². The smallest absolute Gasteiger partial charge is 0.256 e. The SMILES string of the molecule is Cc1cc(F)c(C(=O)N2CCC(C)C2)cc1S(N)(=O)=O. The standard InChI is InChI=1S/C13H17FN2O3S/c1-8-3-4-16(7-8)13(17)10-6-12(20(15,18)19)9(2)5-11(10)14/h5-6,8H,3-4,7H2,1-2H3,(H2,15,18,19). The summed E-state index contributed by atoms with van der Waals surface area (Å²) in [7, 11) is -3.98. The summed E-state index contributed by atoms with van der Waals surface area (Å²) in [6, 6.07) is 2.07. The summed E-state index contributed by atoms with van der Waals surface area (Å²) in [6.07, 6.45) is 0.862. The number of rotatable bonds is 2. The van der Waals surface area contributed by atoms with Crippen molar-refractivity contribution in [2.75, 3.05) is 13.1 Å². The molecule has 0 radical (unpaired) electrons. The number of hydrogen-bond acceptors (Lipinski definition) is 3. The third kappa shape index (κ3) is 2.83. The minimum atomic E-state index is -3.98. The summed E-state index contributed by atoms with van der Waals surface area (Å²) < 4.78 is 36.8. The first-order chi connectivity index (χ1) is 9.20. The number of primary sulfonamides is 1. The molecule has 1 aliphatic heterocycles. The Morgan fingerprint density at radius 3 is 2.60 bits per heavy atom. The zero-order valence-corrected chi connectivity index (χ0v) is 12.2. The van der Waals surface area contributed by atoms with Gasteiger partial charge in [-0.15, -0.1) is 0 Å². The molecule has 110 valence electrons. The number of carbonyl (C=O) groups is 1. The van der Waals surface area contributed by atoms with Crippen LogP contribution in [-0.4, -0.2) is 32.3 Å². The van der Waals surface area contributed by atoms with Gasteiger partial charge in [0.1, 0.15) is 5.82 Å². The van der Waals surface area contributed by atoms with Crippen LogP contribution in [0.3, 0.4) is 0 Å². The molecule has 1 unspecified atom stereocenters. The normalized spacial score (nSPS) is 19.4. The molecule has 20 heavy (non-hydrogen) atoms. The molecule has 1 fully saturated rings. The molecular formula is C13H17FN2O3S. The summed E-state index contributed by atoms with van der Waals surface area (Å²) in [6.45, 7) is 4.55. The molecular weight excluding hydrogens is 283 g/mol. The van der Waals surface area contributed by atoms with E-state index in [1.54, 1.807) is 0 Å². The van der Waals surface area contributed by atoms with Crippen molar-refractivity contribution in [3.63, 3.8) is 0 Å². The van der Waals surface area contributed by atoms with Gasteiger partial charge in [0.25, 0.3) is 5.91 Å². The van der Waals surface area contributed by atoms with E-state index in [1.807, 2.05) is 6.92 Å². The molecule has 5 nitrogen and oxygen atoms in total. The van der Waals surface area contributed by atoms with Crippen molar-refractivity contribution in [3.8, 4) is 0 Å². The fraction of sp³-hybridized carbons (Fsp3) is 0.462. The highest BCUT2D eigenvalue weighted by atomic mass is 32.2. The van der Waals surface area contributed by atoms with Crippen LogP contribution in [0.1, 0.15) is 29.3 Å². The van der Waals surface area contributed by atoms with Crippen LogP contribution in [0.25, 0.3) is 0 Å². The highest BCUT2D eigenvalue weighted by Gasteiger charge is 2.27. The number of halogens is 1. The summed E-state index contributed by atoms with van der Waals surface area (Å²) in [5, 5.41) is 5.08. The van der Waals surface area contributed by atoms with Crippen LogP contribution in [0.2, 0.25) is 0 Å². The molecule has 2 rings (SSSR count). The van der Waals surface area contributed by atoms with Gasteiger partial charge in [-0.05, 0) is 37.0 Å². The fourth-order valence-electron chi connectivity index (χ4n) is 2.41. The van der Waals surface area contributed by atoms with Gasteiger partial charge in [-0.2, -0.15) is 0 Å². The Bertz CT molecular complexity index is 658. The lowest BCUT2D eigenvalue weighted by Gasteiger charge is -2.17. The second-order valence-corrected chi connectivity index (χ2v) is 6.82. The maximum Gasteiger partial charge on any atom is 0.256 e. The molecule has 0 spiro atoms. The number of carbonyl (C=O) groups excluding carboxylic acids is 1. The molecule has 1 aliphatic rings. The van der Waals surface area contributed by atoms with E-state index >= 15 is 0 Å². The molecule has 1 aromatic carbocycles. The predicted molar refractivity (Wildman–Crippen MR) is 72.2 cm³/mol. The monoisotopic (exact) mass is 300 g/mol. The minimum Gasteiger partial charge on any atom is -0.338 e. The highest BCUT2D eigenvalue weighted by molar-refractivity contribution is 7.89. The number of amides is 1. The van der Waals surface area contributed by atoms with Gasteiger partial charge in [-0.25, -0.2) is 17.9 Å². The van der Waals surface area contributed by atoms with Gasteiger partial charge in [0.05, 0.1) is 10.5 Å². The Labute approximate surface area is 117 Å². The molecule has 1 heterocycles. The van der Waals surface area contributed by atoms with E-state index in [1.165, 1.54) is 11.8 Å². The summed E-state index contributed by atoms with van der Waals surface area (Å²) >= 11 is 0. The van der Waals surface area contributed by atoms with Crippen molar-refractivity contribution in [1.29, 1.82) is 0 Å². The maximum absolute atomic E-state index is 13.9. The number of nitrogens with two attached hydrogens (primary N) is 1. The van der Waals surface area contributed by atoms with Gasteiger partial charge in [-0.1, -0.05) is 6.92 Å². The third-order valence-corrected chi connectivity index (χ3v) is 4.57. The molecule has 0 aliphatic carbocycles. The Morgan fingerprint density at radius 2 is 2.10 bits per heavy atom. The average Bonchev–Trinajstić information content (AvgIpc) is 2.73. The van der Waals surface area contributed by atoms with E-state index in [2.05, 4.69) is 0 Å².